The van der Waals surface area contributed by atoms with Crippen LogP contribution in [0.3, 0.4) is 0 Å². The number of aliphatic carboxylic acids is 1. The maximum Gasteiger partial charge on any atom is 0.326 e. The standard InChI is InChI=1S/C16H21ClN2O4/c1-9(2)14(18-10(3)20)15(21)19-13(16(22)23)8-11-4-6-12(17)7-5-11/h4-7,9,13-14H,8H2,1-3H3,(H,18,20)(H,19,21)(H,22,23)/t13-,14+/m0/s1. The molecule has 0 aliphatic heterocycles. The summed E-state index contributed by atoms with van der Waals surface area (Å²) in [6.07, 6.45) is 0.128. The predicted octanol–water partition coefficient (Wildman–Crippen LogP) is 1.61. The number of hydrogen-bond donors (Lipinski definition) is 3. The van der Waals surface area contributed by atoms with E-state index >= 15 is 0 Å². The molecule has 3 N–H and O–H groups in total. The lowest BCUT2D eigenvalue weighted by atomic mass is 10.0. The summed E-state index contributed by atoms with van der Waals surface area (Å²) in [4.78, 5) is 34.8. The summed E-state index contributed by atoms with van der Waals surface area (Å²) < 4.78 is 0. The Morgan fingerprint density at radius 3 is 2.13 bits per heavy atom. The number of benzene rings is 1. The Kier molecular flexibility index (Phi) is 7.03. The zero-order valence-electron chi connectivity index (χ0n) is 13.3. The normalized spacial score (nSPS) is 13.3. The number of nitrogens with one attached hydrogen (secondary N) is 2. The van der Waals surface area contributed by atoms with Gasteiger partial charge < -0.3 is 15.7 Å². The maximum atomic E-state index is 12.3. The fourth-order valence-corrected chi connectivity index (χ4v) is 2.20. The first-order chi connectivity index (χ1) is 10.7. The van der Waals surface area contributed by atoms with Crippen LogP contribution in [-0.4, -0.2) is 35.0 Å². The highest BCUT2D eigenvalue weighted by molar-refractivity contribution is 6.30. The number of halogens is 1. The van der Waals surface area contributed by atoms with Crippen LogP contribution in [0, 0.1) is 5.92 Å². The highest BCUT2D eigenvalue weighted by Gasteiger charge is 2.28. The molecule has 23 heavy (non-hydrogen) atoms. The van der Waals surface area contributed by atoms with E-state index in [4.69, 9.17) is 11.6 Å². The summed E-state index contributed by atoms with van der Waals surface area (Å²) in [7, 11) is 0. The summed E-state index contributed by atoms with van der Waals surface area (Å²) in [6.45, 7) is 4.86. The smallest absolute Gasteiger partial charge is 0.326 e. The number of carboxylic acids is 1. The number of amides is 2. The molecule has 0 unspecified atom stereocenters. The molecule has 0 spiro atoms. The summed E-state index contributed by atoms with van der Waals surface area (Å²) in [5.41, 5.74) is 0.739. The minimum absolute atomic E-state index is 0.128. The van der Waals surface area contributed by atoms with Crippen molar-refractivity contribution < 1.29 is 19.5 Å². The van der Waals surface area contributed by atoms with E-state index in [-0.39, 0.29) is 18.2 Å². The van der Waals surface area contributed by atoms with Gasteiger partial charge in [-0.05, 0) is 23.6 Å². The third-order valence-electron chi connectivity index (χ3n) is 3.28. The molecular formula is C16H21ClN2O4. The Morgan fingerprint density at radius 2 is 1.70 bits per heavy atom. The molecule has 2 amide bonds. The Bertz CT molecular complexity index is 572. The molecule has 0 aromatic heterocycles. The molecule has 2 atom stereocenters. The monoisotopic (exact) mass is 340 g/mol. The van der Waals surface area contributed by atoms with E-state index in [9.17, 15) is 19.5 Å². The van der Waals surface area contributed by atoms with Gasteiger partial charge in [-0.3, -0.25) is 9.59 Å². The molecule has 0 aliphatic carbocycles. The van der Waals surface area contributed by atoms with Crippen LogP contribution < -0.4 is 10.6 Å². The Morgan fingerprint density at radius 1 is 1.13 bits per heavy atom. The molecule has 1 aromatic carbocycles. The van der Waals surface area contributed by atoms with Crippen molar-refractivity contribution in [1.82, 2.24) is 10.6 Å². The fraction of sp³-hybridized carbons (Fsp3) is 0.438. The minimum atomic E-state index is -1.14. The van der Waals surface area contributed by atoms with E-state index in [1.54, 1.807) is 38.1 Å². The largest absolute Gasteiger partial charge is 0.480 e. The molecule has 0 fully saturated rings. The van der Waals surface area contributed by atoms with Gasteiger partial charge in [-0.25, -0.2) is 4.79 Å². The van der Waals surface area contributed by atoms with E-state index in [1.807, 2.05) is 0 Å². The van der Waals surface area contributed by atoms with Crippen molar-refractivity contribution in [3.63, 3.8) is 0 Å². The zero-order valence-corrected chi connectivity index (χ0v) is 14.1. The van der Waals surface area contributed by atoms with Crippen LogP contribution in [0.15, 0.2) is 24.3 Å². The number of carboxylic acid groups (broad SMARTS) is 1. The van der Waals surface area contributed by atoms with E-state index in [2.05, 4.69) is 10.6 Å². The van der Waals surface area contributed by atoms with Crippen LogP contribution in [0.2, 0.25) is 5.02 Å². The van der Waals surface area contributed by atoms with Crippen molar-refractivity contribution in [2.75, 3.05) is 0 Å². The van der Waals surface area contributed by atoms with Gasteiger partial charge in [0.25, 0.3) is 0 Å². The van der Waals surface area contributed by atoms with E-state index in [0.29, 0.717) is 5.02 Å². The first-order valence-corrected chi connectivity index (χ1v) is 7.63. The van der Waals surface area contributed by atoms with Crippen molar-refractivity contribution in [2.24, 2.45) is 5.92 Å². The summed E-state index contributed by atoms with van der Waals surface area (Å²) >= 11 is 5.79. The zero-order chi connectivity index (χ0) is 17.6. The molecule has 0 saturated carbocycles. The molecule has 126 valence electrons. The van der Waals surface area contributed by atoms with Gasteiger partial charge >= 0.3 is 5.97 Å². The van der Waals surface area contributed by atoms with Crippen LogP contribution in [0.25, 0.3) is 0 Å². The lowest BCUT2D eigenvalue weighted by Gasteiger charge is -2.23. The molecule has 0 saturated heterocycles. The predicted molar refractivity (Wildman–Crippen MR) is 87.2 cm³/mol. The molecule has 0 radical (unpaired) electrons. The Hall–Kier alpha value is -2.08. The summed E-state index contributed by atoms with van der Waals surface area (Å²) in [5.74, 6) is -2.16. The fourth-order valence-electron chi connectivity index (χ4n) is 2.07. The molecular weight excluding hydrogens is 320 g/mol. The summed E-state index contributed by atoms with van der Waals surface area (Å²) in [6, 6.07) is 4.87. The van der Waals surface area contributed by atoms with Gasteiger partial charge in [0.1, 0.15) is 12.1 Å². The topological polar surface area (TPSA) is 95.5 Å². The van der Waals surface area contributed by atoms with Crippen LogP contribution in [-0.2, 0) is 20.8 Å². The van der Waals surface area contributed by atoms with Crippen molar-refractivity contribution in [3.8, 4) is 0 Å². The van der Waals surface area contributed by atoms with Crippen LogP contribution in [0.1, 0.15) is 26.3 Å². The van der Waals surface area contributed by atoms with E-state index in [1.165, 1.54) is 6.92 Å². The molecule has 0 heterocycles. The summed E-state index contributed by atoms with van der Waals surface area (Å²) in [5, 5.41) is 14.9. The molecule has 1 rings (SSSR count). The van der Waals surface area contributed by atoms with Crippen LogP contribution in [0.5, 0.6) is 0 Å². The number of rotatable bonds is 7. The van der Waals surface area contributed by atoms with Crippen LogP contribution in [0.4, 0.5) is 0 Å². The van der Waals surface area contributed by atoms with Crippen molar-refractivity contribution in [1.29, 1.82) is 0 Å². The number of hydrogen-bond acceptors (Lipinski definition) is 3. The lowest BCUT2D eigenvalue weighted by molar-refractivity contribution is -0.142. The molecule has 7 heteroatoms. The second-order valence-electron chi connectivity index (χ2n) is 5.65. The van der Waals surface area contributed by atoms with Crippen molar-refractivity contribution >= 4 is 29.4 Å². The van der Waals surface area contributed by atoms with E-state index < -0.39 is 24.0 Å². The second kappa shape index (κ2) is 8.53. The van der Waals surface area contributed by atoms with Gasteiger partial charge in [0, 0.05) is 18.4 Å². The Balaban J connectivity index is 2.81. The Labute approximate surface area is 140 Å². The molecule has 0 bridgehead atoms. The number of carbonyl (C=O) groups is 3. The van der Waals surface area contributed by atoms with Gasteiger partial charge in [-0.1, -0.05) is 37.6 Å². The highest BCUT2D eigenvalue weighted by atomic mass is 35.5. The van der Waals surface area contributed by atoms with Crippen molar-refractivity contribution in [2.45, 2.75) is 39.3 Å². The second-order valence-corrected chi connectivity index (χ2v) is 6.09. The van der Waals surface area contributed by atoms with Crippen molar-refractivity contribution in [3.05, 3.63) is 34.9 Å². The third kappa shape index (κ3) is 6.28. The number of carbonyl (C=O) groups excluding carboxylic acids is 2. The quantitative estimate of drug-likeness (QED) is 0.702. The third-order valence-corrected chi connectivity index (χ3v) is 3.53. The maximum absolute atomic E-state index is 12.3. The average Bonchev–Trinajstić information content (AvgIpc) is 2.45. The molecule has 6 nitrogen and oxygen atoms in total. The highest BCUT2D eigenvalue weighted by Crippen LogP contribution is 2.12. The first kappa shape index (κ1) is 19.0. The van der Waals surface area contributed by atoms with E-state index in [0.717, 1.165) is 5.56 Å². The van der Waals surface area contributed by atoms with Gasteiger partial charge in [0.05, 0.1) is 0 Å². The molecule has 1 aromatic rings. The van der Waals surface area contributed by atoms with Gasteiger partial charge in [-0.15, -0.1) is 0 Å². The SMILES string of the molecule is CC(=O)N[C@@H](C(=O)N[C@@H](Cc1ccc(Cl)cc1)C(=O)O)C(C)C. The minimum Gasteiger partial charge on any atom is -0.480 e. The van der Waals surface area contributed by atoms with Gasteiger partial charge in [0.15, 0.2) is 0 Å². The van der Waals surface area contributed by atoms with Gasteiger partial charge in [-0.2, -0.15) is 0 Å². The molecule has 0 aliphatic rings. The first-order valence-electron chi connectivity index (χ1n) is 7.25. The van der Waals surface area contributed by atoms with Crippen LogP contribution >= 0.6 is 11.6 Å². The lowest BCUT2D eigenvalue weighted by Crippen LogP contribution is -2.53. The van der Waals surface area contributed by atoms with Gasteiger partial charge in [0.2, 0.25) is 11.8 Å². The average molecular weight is 341 g/mol.